The van der Waals surface area contributed by atoms with E-state index in [9.17, 15) is 4.79 Å². The predicted molar refractivity (Wildman–Crippen MR) is 71.3 cm³/mol. The lowest BCUT2D eigenvalue weighted by molar-refractivity contribution is 0.102. The van der Waals surface area contributed by atoms with E-state index in [0.717, 1.165) is 9.26 Å². The first-order valence-electron chi connectivity index (χ1n) is 4.73. The zero-order chi connectivity index (χ0) is 11.4. The van der Waals surface area contributed by atoms with Crippen molar-refractivity contribution in [2.24, 2.45) is 0 Å². The molecule has 0 atom stereocenters. The Labute approximate surface area is 107 Å². The van der Waals surface area contributed by atoms with Crippen LogP contribution >= 0.6 is 22.6 Å². The van der Waals surface area contributed by atoms with Crippen LogP contribution in [-0.2, 0) is 0 Å². The van der Waals surface area contributed by atoms with Crippen molar-refractivity contribution in [3.8, 4) is 0 Å². The van der Waals surface area contributed by atoms with Crippen LogP contribution in [0.1, 0.15) is 10.5 Å². The van der Waals surface area contributed by atoms with E-state index in [1.165, 1.54) is 0 Å². The van der Waals surface area contributed by atoms with Gasteiger partial charge in [-0.2, -0.15) is 0 Å². The van der Waals surface area contributed by atoms with E-state index in [-0.39, 0.29) is 5.91 Å². The number of aromatic nitrogens is 1. The van der Waals surface area contributed by atoms with Gasteiger partial charge in [0.15, 0.2) is 0 Å². The molecule has 0 radical (unpaired) electrons. The Balaban J connectivity index is 2.11. The number of amides is 1. The Kier molecular flexibility index (Phi) is 3.51. The molecule has 1 aromatic carbocycles. The van der Waals surface area contributed by atoms with Crippen LogP contribution in [0.25, 0.3) is 0 Å². The van der Waals surface area contributed by atoms with Crippen LogP contribution in [0, 0.1) is 3.57 Å². The Morgan fingerprint density at radius 1 is 1.12 bits per heavy atom. The molecule has 0 saturated carbocycles. The van der Waals surface area contributed by atoms with Crippen molar-refractivity contribution < 1.29 is 4.79 Å². The number of halogens is 1. The summed E-state index contributed by atoms with van der Waals surface area (Å²) < 4.78 is 1.13. The van der Waals surface area contributed by atoms with E-state index in [0.29, 0.717) is 5.69 Å². The molecule has 0 aliphatic rings. The standard InChI is InChI=1S/C12H9IN2O/c13-9-4-6-10(7-5-9)15-12(16)11-3-1-2-8-14-11/h1-8H,(H,15,16). The first-order chi connectivity index (χ1) is 7.75. The maximum Gasteiger partial charge on any atom is 0.274 e. The summed E-state index contributed by atoms with van der Waals surface area (Å²) in [6.07, 6.45) is 1.60. The molecule has 1 N–H and O–H groups in total. The monoisotopic (exact) mass is 324 g/mol. The van der Waals surface area contributed by atoms with E-state index >= 15 is 0 Å². The molecular formula is C12H9IN2O. The highest BCUT2D eigenvalue weighted by atomic mass is 127. The van der Waals surface area contributed by atoms with E-state index in [2.05, 4.69) is 32.9 Å². The second-order valence-corrected chi connectivity index (χ2v) is 4.42. The van der Waals surface area contributed by atoms with Gasteiger partial charge in [0.2, 0.25) is 0 Å². The summed E-state index contributed by atoms with van der Waals surface area (Å²) in [6, 6.07) is 12.9. The van der Waals surface area contributed by atoms with Gasteiger partial charge in [-0.05, 0) is 59.0 Å². The molecule has 2 rings (SSSR count). The highest BCUT2D eigenvalue weighted by Crippen LogP contribution is 2.11. The molecule has 0 aliphatic heterocycles. The van der Waals surface area contributed by atoms with Crippen molar-refractivity contribution in [2.75, 3.05) is 5.32 Å². The fourth-order valence-electron chi connectivity index (χ4n) is 1.23. The van der Waals surface area contributed by atoms with Gasteiger partial charge in [-0.1, -0.05) is 6.07 Å². The minimum absolute atomic E-state index is 0.193. The number of hydrogen-bond donors (Lipinski definition) is 1. The fourth-order valence-corrected chi connectivity index (χ4v) is 1.59. The molecule has 1 aromatic heterocycles. The largest absolute Gasteiger partial charge is 0.321 e. The van der Waals surface area contributed by atoms with Gasteiger partial charge in [0, 0.05) is 15.5 Å². The van der Waals surface area contributed by atoms with Crippen LogP contribution in [0.15, 0.2) is 48.7 Å². The van der Waals surface area contributed by atoms with Crippen LogP contribution in [0.2, 0.25) is 0 Å². The van der Waals surface area contributed by atoms with Crippen LogP contribution in [-0.4, -0.2) is 10.9 Å². The van der Waals surface area contributed by atoms with Gasteiger partial charge in [-0.15, -0.1) is 0 Å². The van der Waals surface area contributed by atoms with Crippen LogP contribution in [0.3, 0.4) is 0 Å². The summed E-state index contributed by atoms with van der Waals surface area (Å²) in [5.74, 6) is -0.193. The minimum atomic E-state index is -0.193. The summed E-state index contributed by atoms with van der Waals surface area (Å²) in [5.41, 5.74) is 1.19. The Hall–Kier alpha value is -1.43. The second-order valence-electron chi connectivity index (χ2n) is 3.18. The van der Waals surface area contributed by atoms with Gasteiger partial charge in [-0.3, -0.25) is 9.78 Å². The zero-order valence-electron chi connectivity index (χ0n) is 8.35. The highest BCUT2D eigenvalue weighted by molar-refractivity contribution is 14.1. The molecule has 0 unspecified atom stereocenters. The van der Waals surface area contributed by atoms with E-state index < -0.39 is 0 Å². The average Bonchev–Trinajstić information content (AvgIpc) is 2.33. The second kappa shape index (κ2) is 5.07. The smallest absolute Gasteiger partial charge is 0.274 e. The Morgan fingerprint density at radius 3 is 2.50 bits per heavy atom. The van der Waals surface area contributed by atoms with E-state index in [1.54, 1.807) is 24.4 Å². The van der Waals surface area contributed by atoms with Crippen molar-refractivity contribution >= 4 is 34.2 Å². The van der Waals surface area contributed by atoms with Crippen molar-refractivity contribution in [3.05, 3.63) is 57.9 Å². The molecular weight excluding hydrogens is 315 g/mol. The quantitative estimate of drug-likeness (QED) is 0.863. The highest BCUT2D eigenvalue weighted by Gasteiger charge is 2.05. The first kappa shape index (κ1) is 11.1. The molecule has 0 aliphatic carbocycles. The molecule has 0 saturated heterocycles. The topological polar surface area (TPSA) is 42.0 Å². The molecule has 3 nitrogen and oxygen atoms in total. The number of nitrogens with zero attached hydrogens (tertiary/aromatic N) is 1. The number of carbonyl (C=O) groups is 1. The van der Waals surface area contributed by atoms with Crippen molar-refractivity contribution in [1.82, 2.24) is 4.98 Å². The molecule has 0 fully saturated rings. The van der Waals surface area contributed by atoms with Gasteiger partial charge in [0.1, 0.15) is 5.69 Å². The van der Waals surface area contributed by atoms with Gasteiger partial charge in [0.25, 0.3) is 5.91 Å². The average molecular weight is 324 g/mol. The van der Waals surface area contributed by atoms with Crippen molar-refractivity contribution in [3.63, 3.8) is 0 Å². The van der Waals surface area contributed by atoms with Crippen molar-refractivity contribution in [2.45, 2.75) is 0 Å². The van der Waals surface area contributed by atoms with Crippen molar-refractivity contribution in [1.29, 1.82) is 0 Å². The van der Waals surface area contributed by atoms with Gasteiger partial charge in [-0.25, -0.2) is 0 Å². The Morgan fingerprint density at radius 2 is 1.88 bits per heavy atom. The van der Waals surface area contributed by atoms with Crippen LogP contribution < -0.4 is 5.32 Å². The summed E-state index contributed by atoms with van der Waals surface area (Å²) in [4.78, 5) is 15.7. The minimum Gasteiger partial charge on any atom is -0.321 e. The van der Waals surface area contributed by atoms with Gasteiger partial charge in [0.05, 0.1) is 0 Å². The zero-order valence-corrected chi connectivity index (χ0v) is 10.5. The third kappa shape index (κ3) is 2.79. The normalized spacial score (nSPS) is 9.81. The molecule has 2 aromatic rings. The number of nitrogens with one attached hydrogen (secondary N) is 1. The number of anilines is 1. The lowest BCUT2D eigenvalue weighted by atomic mass is 10.3. The predicted octanol–water partition coefficient (Wildman–Crippen LogP) is 2.94. The molecule has 0 bridgehead atoms. The maximum atomic E-state index is 11.7. The van der Waals surface area contributed by atoms with E-state index in [4.69, 9.17) is 0 Å². The summed E-state index contributed by atoms with van der Waals surface area (Å²) in [5, 5.41) is 2.78. The molecule has 80 valence electrons. The van der Waals surface area contributed by atoms with Gasteiger partial charge >= 0.3 is 0 Å². The number of hydrogen-bond acceptors (Lipinski definition) is 2. The number of pyridine rings is 1. The summed E-state index contributed by atoms with van der Waals surface area (Å²) >= 11 is 2.22. The summed E-state index contributed by atoms with van der Waals surface area (Å²) in [7, 11) is 0. The molecule has 1 heterocycles. The SMILES string of the molecule is O=C(Nc1ccc(I)cc1)c1ccccn1. The third-order valence-electron chi connectivity index (χ3n) is 2.00. The van der Waals surface area contributed by atoms with Crippen LogP contribution in [0.5, 0.6) is 0 Å². The molecule has 16 heavy (non-hydrogen) atoms. The molecule has 0 spiro atoms. The lowest BCUT2D eigenvalue weighted by Gasteiger charge is -2.04. The summed E-state index contributed by atoms with van der Waals surface area (Å²) in [6.45, 7) is 0. The van der Waals surface area contributed by atoms with E-state index in [1.807, 2.05) is 24.3 Å². The first-order valence-corrected chi connectivity index (χ1v) is 5.81. The fraction of sp³-hybridized carbons (Fsp3) is 0. The lowest BCUT2D eigenvalue weighted by Crippen LogP contribution is -2.13. The molecule has 1 amide bonds. The van der Waals surface area contributed by atoms with Crippen LogP contribution in [0.4, 0.5) is 5.69 Å². The number of benzene rings is 1. The van der Waals surface area contributed by atoms with Gasteiger partial charge < -0.3 is 5.32 Å². The Bertz CT molecular complexity index is 482. The molecule has 4 heteroatoms. The third-order valence-corrected chi connectivity index (χ3v) is 2.72. The maximum absolute atomic E-state index is 11.7. The number of rotatable bonds is 2. The number of carbonyl (C=O) groups excluding carboxylic acids is 1.